The summed E-state index contributed by atoms with van der Waals surface area (Å²) in [5.41, 5.74) is -2.41. The van der Waals surface area contributed by atoms with Gasteiger partial charge in [0.25, 0.3) is 0 Å². The van der Waals surface area contributed by atoms with Crippen molar-refractivity contribution in [1.82, 2.24) is 60.7 Å². The number of nitrogens with one attached hydrogen (secondary N) is 3. The van der Waals surface area contributed by atoms with E-state index in [0.717, 1.165) is 78.2 Å². The van der Waals surface area contributed by atoms with Crippen molar-refractivity contribution in [2.45, 2.75) is 231 Å². The zero-order chi connectivity index (χ0) is 47.9. The number of rotatable bonds is 15. The fourth-order valence-corrected chi connectivity index (χ4v) is 13.8. The first-order valence-corrected chi connectivity index (χ1v) is 26.7. The second-order valence-corrected chi connectivity index (χ2v) is 25.4. The Morgan fingerprint density at radius 1 is 0.394 bits per heavy atom. The first-order chi connectivity index (χ1) is 30.9. The van der Waals surface area contributed by atoms with Gasteiger partial charge in [-0.25, -0.2) is 30.1 Å². The predicted octanol–water partition coefficient (Wildman–Crippen LogP) is 5.39. The summed E-state index contributed by atoms with van der Waals surface area (Å²) in [4.78, 5) is 48.6. The zero-order valence-electron chi connectivity index (χ0n) is 44.1. The van der Waals surface area contributed by atoms with Crippen LogP contribution >= 0.6 is 0 Å². The van der Waals surface area contributed by atoms with Crippen molar-refractivity contribution < 1.29 is 14.4 Å². The van der Waals surface area contributed by atoms with Gasteiger partial charge in [-0.05, 0) is 122 Å². The summed E-state index contributed by atoms with van der Waals surface area (Å²) in [6.07, 6.45) is 18.2. The Hall–Kier alpha value is -1.95. The Kier molecular flexibility index (Phi) is 16.0. The number of hydrogen-bond donors (Lipinski definition) is 3. The number of piperazine rings is 3. The maximum atomic E-state index is 14.1. The fourth-order valence-electron chi connectivity index (χ4n) is 13.8. The molecule has 15 heteroatoms. The van der Waals surface area contributed by atoms with Gasteiger partial charge in [-0.1, -0.05) is 57.8 Å². The first kappa shape index (κ1) is 51.9. The van der Waals surface area contributed by atoms with Gasteiger partial charge in [-0.15, -0.1) is 0 Å². The minimum absolute atomic E-state index is 0.181. The molecule has 3 N–H and O–H groups in total. The molecule has 4 aliphatic heterocycles. The molecule has 0 atom stereocenters. The summed E-state index contributed by atoms with van der Waals surface area (Å²) in [5, 5.41) is 27.0. The Morgan fingerprint density at radius 2 is 0.621 bits per heavy atom. The van der Waals surface area contributed by atoms with E-state index >= 15 is 0 Å². The van der Waals surface area contributed by atoms with E-state index in [0.29, 0.717) is 57.4 Å². The molecule has 15 nitrogen and oxygen atoms in total. The predicted molar refractivity (Wildman–Crippen MR) is 264 cm³/mol. The molecule has 66 heavy (non-hydrogen) atoms. The molecule has 0 unspecified atom stereocenters. The normalized spacial score (nSPS) is 28.6. The summed E-state index contributed by atoms with van der Waals surface area (Å²) in [6, 6.07) is 1.20. The number of amides is 3. The SMILES string of the molecule is CC1(C)CN(CCN(C2CCCCC2)N2CN(N(CCN3CC(C)(C)NC(C)(C)C3=O)C3CCCCC3)CN(N(CCN3CC(C)(C)NC(C)(C)C3=O)C3CCCCC3)C2)C(=O)C(C)(C)N1. The molecular formula is C51H96N12O3. The molecule has 0 aromatic rings. The van der Waals surface area contributed by atoms with E-state index in [-0.39, 0.29) is 34.3 Å². The second kappa shape index (κ2) is 20.4. The highest BCUT2D eigenvalue weighted by Crippen LogP contribution is 2.33. The van der Waals surface area contributed by atoms with E-state index in [1.54, 1.807) is 0 Å². The van der Waals surface area contributed by atoms with Crippen LogP contribution in [0.3, 0.4) is 0 Å². The molecule has 3 aliphatic carbocycles. The fraction of sp³-hybridized carbons (Fsp3) is 0.941. The largest absolute Gasteiger partial charge is 0.338 e. The molecule has 7 aliphatic rings. The third-order valence-corrected chi connectivity index (χ3v) is 16.0. The second-order valence-electron chi connectivity index (χ2n) is 25.4. The summed E-state index contributed by atoms with van der Waals surface area (Å²) in [6.45, 7) is 34.3. The average Bonchev–Trinajstić information content (AvgIpc) is 3.23. The quantitative estimate of drug-likeness (QED) is 0.196. The van der Waals surface area contributed by atoms with Crippen LogP contribution in [0.5, 0.6) is 0 Å². The molecule has 4 heterocycles. The van der Waals surface area contributed by atoms with E-state index in [2.05, 4.69) is 102 Å². The molecule has 0 aromatic heterocycles. The van der Waals surface area contributed by atoms with Crippen molar-refractivity contribution in [1.29, 1.82) is 0 Å². The van der Waals surface area contributed by atoms with Gasteiger partial charge in [0.2, 0.25) is 17.7 Å². The van der Waals surface area contributed by atoms with Crippen molar-refractivity contribution in [3.8, 4) is 0 Å². The molecule has 0 radical (unpaired) electrons. The third-order valence-electron chi connectivity index (χ3n) is 16.0. The van der Waals surface area contributed by atoms with Gasteiger partial charge in [-0.2, -0.15) is 0 Å². The topological polar surface area (TPSA) is 116 Å². The standard InChI is InChI=1S/C51H96N12O3/c1-46(2)34-55(43(64)49(7,8)52-46)28-31-61(40-22-16-13-17-23-40)58-37-59(62(41-24-18-14-19-25-41)32-29-56-35-47(3,4)53-50(9,10)44(56)65)39-60(38-58)63(42-26-20-15-21-27-42)33-30-57-36-48(5,6)54-51(11,12)45(57)66/h40-42,52-54H,13-39H2,1-12H3. The van der Waals surface area contributed by atoms with Crippen LogP contribution in [0.25, 0.3) is 0 Å². The van der Waals surface area contributed by atoms with Crippen molar-refractivity contribution >= 4 is 17.7 Å². The van der Waals surface area contributed by atoms with Gasteiger partial charge in [0.05, 0.1) is 36.6 Å². The van der Waals surface area contributed by atoms with Crippen LogP contribution < -0.4 is 16.0 Å². The number of hydrazine groups is 3. The lowest BCUT2D eigenvalue weighted by Crippen LogP contribution is -2.73. The maximum absolute atomic E-state index is 14.1. The molecular weight excluding hydrogens is 829 g/mol. The van der Waals surface area contributed by atoms with Crippen LogP contribution in [-0.2, 0) is 14.4 Å². The Labute approximate surface area is 401 Å². The Bertz CT molecular complexity index is 1470. The molecule has 0 bridgehead atoms. The van der Waals surface area contributed by atoms with E-state index in [4.69, 9.17) is 0 Å². The number of carbonyl (C=O) groups is 3. The molecule has 7 rings (SSSR count). The summed E-state index contributed by atoms with van der Waals surface area (Å²) in [7, 11) is 0. The van der Waals surface area contributed by atoms with E-state index in [9.17, 15) is 14.4 Å². The lowest BCUT2D eigenvalue weighted by atomic mass is 9.90. The van der Waals surface area contributed by atoms with Crippen LogP contribution in [0.1, 0.15) is 179 Å². The number of hydrogen-bond acceptors (Lipinski definition) is 12. The van der Waals surface area contributed by atoms with Gasteiger partial charge >= 0.3 is 0 Å². The minimum Gasteiger partial charge on any atom is -0.338 e. The maximum Gasteiger partial charge on any atom is 0.242 e. The molecule has 4 saturated heterocycles. The molecule has 7 fully saturated rings. The van der Waals surface area contributed by atoms with Gasteiger partial charge in [0.1, 0.15) is 0 Å². The van der Waals surface area contributed by atoms with Gasteiger partial charge < -0.3 is 14.7 Å². The average molecular weight is 925 g/mol. The van der Waals surface area contributed by atoms with E-state index in [1.165, 1.54) is 57.8 Å². The first-order valence-electron chi connectivity index (χ1n) is 26.7. The van der Waals surface area contributed by atoms with Crippen molar-refractivity contribution in [3.63, 3.8) is 0 Å². The highest BCUT2D eigenvalue weighted by Gasteiger charge is 2.48. The third kappa shape index (κ3) is 12.5. The molecule has 3 amide bonds. The van der Waals surface area contributed by atoms with Crippen LogP contribution in [0.4, 0.5) is 0 Å². The van der Waals surface area contributed by atoms with Gasteiger partial charge in [0.15, 0.2) is 0 Å². The Balaban J connectivity index is 1.24. The van der Waals surface area contributed by atoms with Crippen LogP contribution in [0.2, 0.25) is 0 Å². The van der Waals surface area contributed by atoms with Crippen LogP contribution in [0, 0.1) is 0 Å². The number of nitrogens with zero attached hydrogens (tertiary/aromatic N) is 9. The van der Waals surface area contributed by atoms with Gasteiger partial charge in [0, 0.05) is 93.6 Å². The van der Waals surface area contributed by atoms with Crippen molar-refractivity contribution in [3.05, 3.63) is 0 Å². The van der Waals surface area contributed by atoms with Crippen LogP contribution in [0.15, 0.2) is 0 Å². The molecule has 378 valence electrons. The lowest BCUT2D eigenvalue weighted by molar-refractivity contribution is -0.274. The number of carbonyl (C=O) groups excluding carboxylic acids is 3. The monoisotopic (exact) mass is 925 g/mol. The highest BCUT2D eigenvalue weighted by molar-refractivity contribution is 5.87. The molecule has 0 spiro atoms. The minimum atomic E-state index is -0.621. The molecule has 0 aromatic carbocycles. The van der Waals surface area contributed by atoms with E-state index in [1.807, 2.05) is 41.5 Å². The lowest BCUT2D eigenvalue weighted by Gasteiger charge is -2.57. The van der Waals surface area contributed by atoms with E-state index < -0.39 is 16.6 Å². The van der Waals surface area contributed by atoms with Gasteiger partial charge in [-0.3, -0.25) is 30.3 Å². The summed E-state index contributed by atoms with van der Waals surface area (Å²) < 4.78 is 0. The summed E-state index contributed by atoms with van der Waals surface area (Å²) >= 11 is 0. The highest BCUT2D eigenvalue weighted by atomic mass is 16.2. The van der Waals surface area contributed by atoms with Crippen LogP contribution in [-0.4, -0.2) is 193 Å². The Morgan fingerprint density at radius 3 is 0.848 bits per heavy atom. The summed E-state index contributed by atoms with van der Waals surface area (Å²) in [5.74, 6) is 0.547. The molecule has 3 saturated carbocycles. The smallest absolute Gasteiger partial charge is 0.242 e. The van der Waals surface area contributed by atoms with Crippen molar-refractivity contribution in [2.75, 3.05) is 78.9 Å². The zero-order valence-corrected chi connectivity index (χ0v) is 44.1. The van der Waals surface area contributed by atoms with Crippen molar-refractivity contribution in [2.24, 2.45) is 0 Å².